The standard InChI is InChI=1S/C19H22FN3O2/c1-12(2)16-21-18(25-22-16)19-9-3-4-14(19)10-23(11-19)17(24)13-5-7-15(20)8-6-13/h5-8,12,14H,3-4,9-11H2,1-2H3/t14-,19-/m1/s1. The van der Waals surface area contributed by atoms with Crippen LogP contribution in [0, 0.1) is 11.7 Å². The molecule has 2 aliphatic rings. The lowest BCUT2D eigenvalue weighted by molar-refractivity contribution is 0.0775. The van der Waals surface area contributed by atoms with Crippen molar-refractivity contribution < 1.29 is 13.7 Å². The fourth-order valence-electron chi connectivity index (χ4n) is 4.24. The number of benzene rings is 1. The second-order valence-electron chi connectivity index (χ2n) is 7.55. The largest absolute Gasteiger partial charge is 0.339 e. The highest BCUT2D eigenvalue weighted by Gasteiger charge is 2.55. The average Bonchev–Trinajstić information content (AvgIpc) is 3.28. The summed E-state index contributed by atoms with van der Waals surface area (Å²) < 4.78 is 18.7. The minimum absolute atomic E-state index is 0.0580. The molecule has 1 aliphatic heterocycles. The van der Waals surface area contributed by atoms with E-state index in [2.05, 4.69) is 10.1 Å². The Morgan fingerprint density at radius 1 is 1.36 bits per heavy atom. The molecule has 6 heteroatoms. The molecule has 0 radical (unpaired) electrons. The molecule has 1 saturated carbocycles. The molecular formula is C19H22FN3O2. The lowest BCUT2D eigenvalue weighted by Gasteiger charge is -2.24. The highest BCUT2D eigenvalue weighted by atomic mass is 19.1. The predicted molar refractivity (Wildman–Crippen MR) is 89.7 cm³/mol. The van der Waals surface area contributed by atoms with Crippen molar-refractivity contribution in [1.82, 2.24) is 15.0 Å². The molecule has 2 atom stereocenters. The van der Waals surface area contributed by atoms with Crippen molar-refractivity contribution in [1.29, 1.82) is 0 Å². The van der Waals surface area contributed by atoms with Gasteiger partial charge in [-0.25, -0.2) is 4.39 Å². The lowest BCUT2D eigenvalue weighted by atomic mass is 9.80. The zero-order valence-corrected chi connectivity index (χ0v) is 14.5. The first-order chi connectivity index (χ1) is 12.0. The van der Waals surface area contributed by atoms with Gasteiger partial charge < -0.3 is 9.42 Å². The third-order valence-corrected chi connectivity index (χ3v) is 5.63. The van der Waals surface area contributed by atoms with E-state index in [0.717, 1.165) is 25.1 Å². The minimum atomic E-state index is -0.335. The number of likely N-dealkylation sites (tertiary alicyclic amines) is 1. The molecule has 2 aromatic rings. The molecule has 0 N–H and O–H groups in total. The molecule has 1 aromatic heterocycles. The molecule has 1 amide bonds. The van der Waals surface area contributed by atoms with Gasteiger partial charge in [0.25, 0.3) is 5.91 Å². The highest BCUT2D eigenvalue weighted by molar-refractivity contribution is 5.94. The Morgan fingerprint density at radius 2 is 2.12 bits per heavy atom. The molecule has 0 spiro atoms. The quantitative estimate of drug-likeness (QED) is 0.855. The van der Waals surface area contributed by atoms with E-state index in [9.17, 15) is 9.18 Å². The van der Waals surface area contributed by atoms with Crippen LogP contribution in [0.15, 0.2) is 28.8 Å². The van der Waals surface area contributed by atoms with Gasteiger partial charge in [-0.1, -0.05) is 25.4 Å². The topological polar surface area (TPSA) is 59.2 Å². The van der Waals surface area contributed by atoms with Crippen LogP contribution in [-0.4, -0.2) is 34.0 Å². The molecular weight excluding hydrogens is 321 g/mol. The van der Waals surface area contributed by atoms with Crippen LogP contribution < -0.4 is 0 Å². The third-order valence-electron chi connectivity index (χ3n) is 5.63. The van der Waals surface area contributed by atoms with E-state index in [1.807, 2.05) is 18.7 Å². The van der Waals surface area contributed by atoms with Crippen molar-refractivity contribution in [2.75, 3.05) is 13.1 Å². The van der Waals surface area contributed by atoms with Crippen LogP contribution in [0.25, 0.3) is 0 Å². The van der Waals surface area contributed by atoms with Gasteiger partial charge in [0.1, 0.15) is 5.82 Å². The van der Waals surface area contributed by atoms with Crippen LogP contribution in [-0.2, 0) is 5.41 Å². The average molecular weight is 343 g/mol. The maximum absolute atomic E-state index is 13.1. The molecule has 2 heterocycles. The summed E-state index contributed by atoms with van der Waals surface area (Å²) in [5.74, 6) is 1.56. The summed E-state index contributed by atoms with van der Waals surface area (Å²) in [6.45, 7) is 5.36. The maximum Gasteiger partial charge on any atom is 0.253 e. The molecule has 1 aromatic carbocycles. The van der Waals surface area contributed by atoms with Crippen LogP contribution in [0.1, 0.15) is 61.1 Å². The Labute approximate surface area is 146 Å². The van der Waals surface area contributed by atoms with Gasteiger partial charge in [-0.2, -0.15) is 4.98 Å². The number of hydrogen-bond donors (Lipinski definition) is 0. The second kappa shape index (κ2) is 5.93. The Balaban J connectivity index is 1.61. The van der Waals surface area contributed by atoms with Gasteiger partial charge >= 0.3 is 0 Å². The van der Waals surface area contributed by atoms with Crippen molar-refractivity contribution in [3.05, 3.63) is 47.4 Å². The van der Waals surface area contributed by atoms with E-state index in [1.165, 1.54) is 12.1 Å². The van der Waals surface area contributed by atoms with Crippen LogP contribution in [0.5, 0.6) is 0 Å². The molecule has 0 unspecified atom stereocenters. The smallest absolute Gasteiger partial charge is 0.253 e. The predicted octanol–water partition coefficient (Wildman–Crippen LogP) is 3.53. The first kappa shape index (κ1) is 16.2. The SMILES string of the molecule is CC(C)c1noc([C@@]23CCC[C@@H]2CN(C(=O)c2ccc(F)cc2)C3)n1. The van der Waals surface area contributed by atoms with E-state index in [1.54, 1.807) is 12.1 Å². The van der Waals surface area contributed by atoms with E-state index in [4.69, 9.17) is 4.52 Å². The monoisotopic (exact) mass is 343 g/mol. The molecule has 4 rings (SSSR count). The van der Waals surface area contributed by atoms with Crippen molar-refractivity contribution in [3.63, 3.8) is 0 Å². The summed E-state index contributed by atoms with van der Waals surface area (Å²) in [6, 6.07) is 5.74. The summed E-state index contributed by atoms with van der Waals surface area (Å²) in [4.78, 5) is 19.3. The summed E-state index contributed by atoms with van der Waals surface area (Å²) in [5.41, 5.74) is 0.292. The number of rotatable bonds is 3. The fourth-order valence-corrected chi connectivity index (χ4v) is 4.24. The van der Waals surface area contributed by atoms with Gasteiger partial charge in [-0.05, 0) is 43.0 Å². The molecule has 1 aliphatic carbocycles. The summed E-state index contributed by atoms with van der Waals surface area (Å²) in [7, 11) is 0. The number of nitrogens with zero attached hydrogens (tertiary/aromatic N) is 3. The minimum Gasteiger partial charge on any atom is -0.339 e. The Bertz CT molecular complexity index is 786. The Morgan fingerprint density at radius 3 is 2.80 bits per heavy atom. The maximum atomic E-state index is 13.1. The molecule has 1 saturated heterocycles. The van der Waals surface area contributed by atoms with Gasteiger partial charge in [0.2, 0.25) is 5.89 Å². The summed E-state index contributed by atoms with van der Waals surface area (Å²) in [5, 5.41) is 4.12. The molecule has 25 heavy (non-hydrogen) atoms. The summed E-state index contributed by atoms with van der Waals surface area (Å²) in [6.07, 6.45) is 3.14. The van der Waals surface area contributed by atoms with Crippen molar-refractivity contribution in [2.45, 2.75) is 44.4 Å². The van der Waals surface area contributed by atoms with Crippen LogP contribution in [0.3, 0.4) is 0 Å². The zero-order valence-electron chi connectivity index (χ0n) is 14.5. The molecule has 5 nitrogen and oxygen atoms in total. The van der Waals surface area contributed by atoms with Gasteiger partial charge in [0.15, 0.2) is 5.82 Å². The second-order valence-corrected chi connectivity index (χ2v) is 7.55. The number of hydrogen-bond acceptors (Lipinski definition) is 4. The van der Waals surface area contributed by atoms with E-state index in [-0.39, 0.29) is 23.1 Å². The Kier molecular flexibility index (Phi) is 3.85. The number of amides is 1. The van der Waals surface area contributed by atoms with Crippen molar-refractivity contribution in [3.8, 4) is 0 Å². The number of carbonyl (C=O) groups is 1. The van der Waals surface area contributed by atoms with Gasteiger partial charge in [0, 0.05) is 24.6 Å². The normalized spacial score (nSPS) is 25.6. The third kappa shape index (κ3) is 2.64. The first-order valence-corrected chi connectivity index (χ1v) is 8.88. The van der Waals surface area contributed by atoms with E-state index < -0.39 is 0 Å². The molecule has 2 fully saturated rings. The number of halogens is 1. The Hall–Kier alpha value is -2.24. The van der Waals surface area contributed by atoms with Crippen LogP contribution >= 0.6 is 0 Å². The van der Waals surface area contributed by atoms with Gasteiger partial charge in [0.05, 0.1) is 5.41 Å². The van der Waals surface area contributed by atoms with Crippen molar-refractivity contribution in [2.24, 2.45) is 5.92 Å². The van der Waals surface area contributed by atoms with Gasteiger partial charge in [-0.3, -0.25) is 4.79 Å². The van der Waals surface area contributed by atoms with Crippen LogP contribution in [0.4, 0.5) is 4.39 Å². The lowest BCUT2D eigenvalue weighted by Crippen LogP contribution is -2.35. The van der Waals surface area contributed by atoms with Crippen LogP contribution in [0.2, 0.25) is 0 Å². The first-order valence-electron chi connectivity index (χ1n) is 8.88. The highest BCUT2D eigenvalue weighted by Crippen LogP contribution is 2.50. The fraction of sp³-hybridized carbons (Fsp3) is 0.526. The zero-order chi connectivity index (χ0) is 17.6. The summed E-state index contributed by atoms with van der Waals surface area (Å²) >= 11 is 0. The molecule has 0 bridgehead atoms. The van der Waals surface area contributed by atoms with Crippen molar-refractivity contribution >= 4 is 5.91 Å². The van der Waals surface area contributed by atoms with E-state index >= 15 is 0 Å². The number of fused-ring (bicyclic) bond motifs is 1. The van der Waals surface area contributed by atoms with Gasteiger partial charge in [-0.15, -0.1) is 0 Å². The van der Waals surface area contributed by atoms with E-state index in [0.29, 0.717) is 30.5 Å². The number of aromatic nitrogens is 2. The number of carbonyl (C=O) groups excluding carboxylic acids is 1. The molecule has 132 valence electrons.